The Morgan fingerprint density at radius 3 is 2.71 bits per heavy atom. The second kappa shape index (κ2) is 3.84. The molecule has 0 saturated carbocycles. The first-order chi connectivity index (χ1) is 6.00. The normalized spacial score (nSPS) is 22.7. The van der Waals surface area contributed by atoms with Gasteiger partial charge in [-0.2, -0.15) is 0 Å². The monoisotopic (exact) mass is 275 g/mol. The number of hydrogen-bond donors (Lipinski definition) is 1. The van der Waals surface area contributed by atoms with Crippen LogP contribution in [0.5, 0.6) is 0 Å². The molecule has 1 nitrogen and oxygen atoms in total. The number of hydrogen-bond acceptors (Lipinski definition) is 1. The zero-order valence-electron chi connectivity index (χ0n) is 8.38. The summed E-state index contributed by atoms with van der Waals surface area (Å²) in [6.45, 7) is 4.51. The van der Waals surface area contributed by atoms with E-state index in [9.17, 15) is 0 Å². The van der Waals surface area contributed by atoms with E-state index in [2.05, 4.69) is 48.0 Å². The lowest BCUT2D eigenvalue weighted by molar-refractivity contribution is 0.481. The number of halogens is 2. The summed E-state index contributed by atoms with van der Waals surface area (Å²) in [5.74, 6) is 0. The largest absolute Gasteiger partial charge is 0.324 e. The summed E-state index contributed by atoms with van der Waals surface area (Å²) in [5, 5.41) is 0. The minimum absolute atomic E-state index is 0. The van der Waals surface area contributed by atoms with Crippen LogP contribution in [0.2, 0.25) is 0 Å². The van der Waals surface area contributed by atoms with Crippen molar-refractivity contribution in [2.45, 2.75) is 31.7 Å². The summed E-state index contributed by atoms with van der Waals surface area (Å²) in [6, 6.07) is 6.62. The number of rotatable bonds is 0. The average Bonchev–Trinajstić information content (AvgIpc) is 2.23. The highest BCUT2D eigenvalue weighted by Crippen LogP contribution is 2.44. The van der Waals surface area contributed by atoms with E-state index in [0.717, 1.165) is 10.9 Å². The van der Waals surface area contributed by atoms with Crippen LogP contribution in [-0.4, -0.2) is 0 Å². The van der Waals surface area contributed by atoms with Crippen LogP contribution in [0.1, 0.15) is 37.4 Å². The molecule has 1 aromatic carbocycles. The maximum Gasteiger partial charge on any atom is 0.0306 e. The second-order valence-electron chi connectivity index (χ2n) is 4.43. The molecule has 0 radical (unpaired) electrons. The van der Waals surface area contributed by atoms with Crippen molar-refractivity contribution in [3.63, 3.8) is 0 Å². The highest BCUT2D eigenvalue weighted by Gasteiger charge is 2.34. The molecular formula is C11H15BrClN. The minimum atomic E-state index is 0. The van der Waals surface area contributed by atoms with Gasteiger partial charge in [0.2, 0.25) is 0 Å². The summed E-state index contributed by atoms with van der Waals surface area (Å²) in [4.78, 5) is 0. The fourth-order valence-electron chi connectivity index (χ4n) is 2.21. The molecule has 78 valence electrons. The Hall–Kier alpha value is -0.0500. The van der Waals surface area contributed by atoms with Gasteiger partial charge in [0, 0.05) is 10.5 Å². The molecule has 1 unspecified atom stereocenters. The molecule has 0 amide bonds. The second-order valence-corrected chi connectivity index (χ2v) is 5.34. The van der Waals surface area contributed by atoms with E-state index < -0.39 is 0 Å². The third kappa shape index (κ3) is 1.83. The van der Waals surface area contributed by atoms with E-state index in [0.29, 0.717) is 0 Å². The quantitative estimate of drug-likeness (QED) is 0.770. The lowest BCUT2D eigenvalue weighted by atomic mass is 9.86. The Kier molecular flexibility index (Phi) is 3.30. The molecule has 0 spiro atoms. The van der Waals surface area contributed by atoms with Gasteiger partial charge in [-0.3, -0.25) is 0 Å². The fourth-order valence-corrected chi connectivity index (χ4v) is 2.57. The lowest BCUT2D eigenvalue weighted by Crippen LogP contribution is -2.14. The summed E-state index contributed by atoms with van der Waals surface area (Å²) < 4.78 is 1.15. The van der Waals surface area contributed by atoms with Crippen LogP contribution in [0.25, 0.3) is 0 Å². The Balaban J connectivity index is 0.000000980. The first-order valence-electron chi connectivity index (χ1n) is 4.56. The molecule has 0 fully saturated rings. The van der Waals surface area contributed by atoms with Gasteiger partial charge in [0.15, 0.2) is 0 Å². The van der Waals surface area contributed by atoms with Gasteiger partial charge in [0.25, 0.3) is 0 Å². The van der Waals surface area contributed by atoms with E-state index in [-0.39, 0.29) is 23.9 Å². The van der Waals surface area contributed by atoms with E-state index >= 15 is 0 Å². The smallest absolute Gasteiger partial charge is 0.0306 e. The van der Waals surface area contributed by atoms with Crippen LogP contribution >= 0.6 is 28.3 Å². The molecule has 0 aromatic heterocycles. The van der Waals surface area contributed by atoms with Crippen molar-refractivity contribution in [2.24, 2.45) is 5.73 Å². The molecule has 0 bridgehead atoms. The van der Waals surface area contributed by atoms with Crippen LogP contribution in [0.4, 0.5) is 0 Å². The minimum Gasteiger partial charge on any atom is -0.324 e. The first kappa shape index (κ1) is 12.0. The molecule has 2 N–H and O–H groups in total. The number of fused-ring (bicyclic) bond motifs is 1. The Morgan fingerprint density at radius 1 is 1.43 bits per heavy atom. The Bertz CT molecular complexity index is 349. The summed E-state index contributed by atoms with van der Waals surface area (Å²) >= 11 is 3.50. The number of nitrogens with two attached hydrogens (primary N) is 1. The zero-order valence-corrected chi connectivity index (χ0v) is 10.8. The SMILES string of the molecule is CC1(C)CC(N)c2ccc(Br)cc21.Cl. The van der Waals surface area contributed by atoms with Crippen LogP contribution < -0.4 is 5.73 Å². The third-order valence-electron chi connectivity index (χ3n) is 2.87. The van der Waals surface area contributed by atoms with Crippen molar-refractivity contribution < 1.29 is 0 Å². The van der Waals surface area contributed by atoms with Crippen LogP contribution in [0.15, 0.2) is 22.7 Å². The molecule has 0 saturated heterocycles. The number of benzene rings is 1. The van der Waals surface area contributed by atoms with Gasteiger partial charge in [-0.15, -0.1) is 12.4 Å². The standard InChI is InChI=1S/C11H14BrN.ClH/c1-11(2)6-10(13)8-4-3-7(12)5-9(8)11;/h3-5,10H,6,13H2,1-2H3;1H. The average molecular weight is 277 g/mol. The highest BCUT2D eigenvalue weighted by molar-refractivity contribution is 9.10. The molecular weight excluding hydrogens is 261 g/mol. The van der Waals surface area contributed by atoms with E-state index in [4.69, 9.17) is 5.73 Å². The van der Waals surface area contributed by atoms with Crippen molar-refractivity contribution in [3.05, 3.63) is 33.8 Å². The molecule has 0 heterocycles. The Labute approximate surface area is 99.6 Å². The van der Waals surface area contributed by atoms with Gasteiger partial charge in [-0.1, -0.05) is 35.8 Å². The van der Waals surface area contributed by atoms with Crippen molar-refractivity contribution >= 4 is 28.3 Å². The third-order valence-corrected chi connectivity index (χ3v) is 3.37. The van der Waals surface area contributed by atoms with Crippen molar-refractivity contribution in [1.82, 2.24) is 0 Å². The predicted octanol–water partition coefficient (Wildman–Crippen LogP) is 3.55. The van der Waals surface area contributed by atoms with E-state index in [1.807, 2.05) is 0 Å². The maximum absolute atomic E-state index is 6.06. The van der Waals surface area contributed by atoms with Crippen LogP contribution in [-0.2, 0) is 5.41 Å². The first-order valence-corrected chi connectivity index (χ1v) is 5.35. The highest BCUT2D eigenvalue weighted by atomic mass is 79.9. The summed E-state index contributed by atoms with van der Waals surface area (Å²) in [6.07, 6.45) is 1.05. The molecule has 2 rings (SSSR count). The molecule has 1 aliphatic rings. The summed E-state index contributed by atoms with van der Waals surface area (Å²) in [7, 11) is 0. The molecule has 1 atom stereocenters. The lowest BCUT2D eigenvalue weighted by Gasteiger charge is -2.18. The van der Waals surface area contributed by atoms with Gasteiger partial charge in [-0.05, 0) is 35.1 Å². The van der Waals surface area contributed by atoms with E-state index in [1.165, 1.54) is 11.1 Å². The van der Waals surface area contributed by atoms with Gasteiger partial charge >= 0.3 is 0 Å². The molecule has 1 aromatic rings. The predicted molar refractivity (Wildman–Crippen MR) is 66.0 cm³/mol. The fraction of sp³-hybridized carbons (Fsp3) is 0.455. The summed E-state index contributed by atoms with van der Waals surface area (Å²) in [5.41, 5.74) is 9.00. The van der Waals surface area contributed by atoms with Crippen LogP contribution in [0.3, 0.4) is 0 Å². The van der Waals surface area contributed by atoms with Crippen molar-refractivity contribution in [3.8, 4) is 0 Å². The maximum atomic E-state index is 6.06. The van der Waals surface area contributed by atoms with Crippen LogP contribution in [0, 0.1) is 0 Å². The van der Waals surface area contributed by atoms with Gasteiger partial charge < -0.3 is 5.73 Å². The molecule has 14 heavy (non-hydrogen) atoms. The molecule has 1 aliphatic carbocycles. The molecule has 0 aliphatic heterocycles. The van der Waals surface area contributed by atoms with Crippen molar-refractivity contribution in [1.29, 1.82) is 0 Å². The van der Waals surface area contributed by atoms with E-state index in [1.54, 1.807) is 0 Å². The topological polar surface area (TPSA) is 26.0 Å². The zero-order chi connectivity index (χ0) is 9.64. The Morgan fingerprint density at radius 2 is 2.07 bits per heavy atom. The van der Waals surface area contributed by atoms with Gasteiger partial charge in [0.1, 0.15) is 0 Å². The molecule has 3 heteroatoms. The van der Waals surface area contributed by atoms with Gasteiger partial charge in [0.05, 0.1) is 0 Å². The van der Waals surface area contributed by atoms with Crippen molar-refractivity contribution in [2.75, 3.05) is 0 Å². The van der Waals surface area contributed by atoms with Gasteiger partial charge in [-0.25, -0.2) is 0 Å².